The number of hydrogen-bond donors (Lipinski definition) is 2. The summed E-state index contributed by atoms with van der Waals surface area (Å²) < 4.78 is 0. The average Bonchev–Trinajstić information content (AvgIpc) is 3.44. The van der Waals surface area contributed by atoms with Crippen LogP contribution in [0.3, 0.4) is 0 Å². The zero-order chi connectivity index (χ0) is 22.1. The van der Waals surface area contributed by atoms with Crippen molar-refractivity contribution in [1.82, 2.24) is 20.2 Å². The molecule has 3 aromatic rings. The maximum absolute atomic E-state index is 12.7. The van der Waals surface area contributed by atoms with Crippen LogP contribution < -0.4 is 5.32 Å². The van der Waals surface area contributed by atoms with Crippen LogP contribution in [0.25, 0.3) is 0 Å². The van der Waals surface area contributed by atoms with Crippen molar-refractivity contribution >= 4 is 23.1 Å². The van der Waals surface area contributed by atoms with Crippen LogP contribution in [0, 0.1) is 0 Å². The number of carbonyl (C=O) groups is 1. The molecule has 2 aliphatic rings. The molecule has 0 radical (unpaired) electrons. The van der Waals surface area contributed by atoms with E-state index in [2.05, 4.69) is 20.2 Å². The Bertz CT molecular complexity index is 1160. The number of pyridine rings is 1. The summed E-state index contributed by atoms with van der Waals surface area (Å²) in [7, 11) is 0. The predicted molar refractivity (Wildman–Crippen MR) is 123 cm³/mol. The molecule has 32 heavy (non-hydrogen) atoms. The highest BCUT2D eigenvalue weighted by atomic mass is 32.1. The Labute approximate surface area is 190 Å². The van der Waals surface area contributed by atoms with Crippen molar-refractivity contribution < 1.29 is 9.90 Å². The maximum atomic E-state index is 12.7. The van der Waals surface area contributed by atoms with Crippen LogP contribution in [0.5, 0.6) is 0 Å². The monoisotopic (exact) mass is 447 g/mol. The van der Waals surface area contributed by atoms with Crippen LogP contribution in [-0.4, -0.2) is 44.4 Å². The number of thiazole rings is 1. The van der Waals surface area contributed by atoms with E-state index in [4.69, 9.17) is 4.99 Å². The lowest BCUT2D eigenvalue weighted by atomic mass is 10.0. The number of nitrogens with zero attached hydrogens (tertiary/aromatic N) is 4. The first-order chi connectivity index (χ1) is 15.6. The second kappa shape index (κ2) is 8.80. The molecule has 2 aromatic heterocycles. The molecule has 0 fully saturated rings. The molecule has 2 aliphatic heterocycles. The van der Waals surface area contributed by atoms with Gasteiger partial charge in [-0.15, -0.1) is 11.3 Å². The zero-order valence-corrected chi connectivity index (χ0v) is 18.7. The van der Waals surface area contributed by atoms with E-state index in [1.54, 1.807) is 18.3 Å². The van der Waals surface area contributed by atoms with Gasteiger partial charge in [-0.2, -0.15) is 0 Å². The lowest BCUT2D eigenvalue weighted by Crippen LogP contribution is -2.36. The van der Waals surface area contributed by atoms with E-state index in [1.807, 2.05) is 48.1 Å². The smallest absolute Gasteiger partial charge is 0.226 e. The summed E-state index contributed by atoms with van der Waals surface area (Å²) >= 11 is 1.72. The number of aliphatic hydroxyl groups excluding tert-OH is 1. The number of amidine groups is 1. The number of amides is 1. The summed E-state index contributed by atoms with van der Waals surface area (Å²) in [4.78, 5) is 30.1. The lowest BCUT2D eigenvalue weighted by Gasteiger charge is -2.28. The van der Waals surface area contributed by atoms with Gasteiger partial charge in [0.25, 0.3) is 0 Å². The van der Waals surface area contributed by atoms with Gasteiger partial charge in [-0.05, 0) is 24.1 Å². The van der Waals surface area contributed by atoms with E-state index < -0.39 is 12.1 Å². The molecule has 164 valence electrons. The highest BCUT2D eigenvalue weighted by Crippen LogP contribution is 2.27. The molecule has 1 aromatic carbocycles. The van der Waals surface area contributed by atoms with E-state index in [-0.39, 0.29) is 12.3 Å². The van der Waals surface area contributed by atoms with Gasteiger partial charge < -0.3 is 15.3 Å². The van der Waals surface area contributed by atoms with Crippen molar-refractivity contribution in [1.29, 1.82) is 0 Å². The number of fused-ring (bicyclic) bond motifs is 2. The minimum atomic E-state index is -0.701. The molecule has 4 heterocycles. The molecule has 7 nitrogen and oxygen atoms in total. The van der Waals surface area contributed by atoms with Gasteiger partial charge in [-0.3, -0.25) is 14.8 Å². The summed E-state index contributed by atoms with van der Waals surface area (Å²) in [5.74, 6) is 0.804. The molecule has 5 rings (SSSR count). The molecule has 1 amide bonds. The van der Waals surface area contributed by atoms with Gasteiger partial charge in [0.15, 0.2) is 0 Å². The first-order valence-electron chi connectivity index (χ1n) is 10.8. The summed E-state index contributed by atoms with van der Waals surface area (Å²) in [6, 6.07) is 11.0. The molecule has 0 aliphatic carbocycles. The molecule has 0 bridgehead atoms. The molecule has 0 unspecified atom stereocenters. The molecule has 0 saturated carbocycles. The second-order valence-corrected chi connectivity index (χ2v) is 9.18. The predicted octanol–water partition coefficient (Wildman–Crippen LogP) is 2.64. The molecule has 2 atom stereocenters. The third-order valence-corrected chi connectivity index (χ3v) is 6.90. The zero-order valence-electron chi connectivity index (χ0n) is 17.9. The minimum absolute atomic E-state index is 0.157. The van der Waals surface area contributed by atoms with E-state index in [9.17, 15) is 9.90 Å². The lowest BCUT2D eigenvalue weighted by molar-refractivity contribution is -0.122. The van der Waals surface area contributed by atoms with Crippen LogP contribution in [0.2, 0.25) is 0 Å². The summed E-state index contributed by atoms with van der Waals surface area (Å²) in [5.41, 5.74) is 6.77. The van der Waals surface area contributed by atoms with Crippen molar-refractivity contribution in [3.05, 3.63) is 81.1 Å². The van der Waals surface area contributed by atoms with Gasteiger partial charge in [0, 0.05) is 29.6 Å². The van der Waals surface area contributed by atoms with Crippen LogP contribution >= 0.6 is 11.3 Å². The topological polar surface area (TPSA) is 90.7 Å². The van der Waals surface area contributed by atoms with E-state index in [0.717, 1.165) is 47.7 Å². The Morgan fingerprint density at radius 1 is 1.28 bits per heavy atom. The second-order valence-electron chi connectivity index (χ2n) is 8.24. The first-order valence-corrected chi connectivity index (χ1v) is 11.7. The van der Waals surface area contributed by atoms with Crippen molar-refractivity contribution in [3.8, 4) is 0 Å². The summed E-state index contributed by atoms with van der Waals surface area (Å²) in [5, 5.41) is 13.1. The Balaban J connectivity index is 1.26. The standard InChI is InChI=1S/C24H25N5O2S/c1-15(30)23(16-5-3-2-4-6-16)28-22(31)10-18-9-17-11-26-24(19(17)12-25-18)29-8-7-21-20(13-29)27-14-32-21/h2-6,9,12,14-15,23,30H,7-8,10-11,13H2,1H3,(H,28,31)/t15-,23-/m1/s1. The van der Waals surface area contributed by atoms with Crippen molar-refractivity contribution in [2.45, 2.75) is 45.0 Å². The van der Waals surface area contributed by atoms with E-state index in [0.29, 0.717) is 12.2 Å². The number of aliphatic imine (C=N–C) groups is 1. The molecule has 0 spiro atoms. The van der Waals surface area contributed by atoms with E-state index in [1.165, 1.54) is 4.88 Å². The number of hydrogen-bond acceptors (Lipinski definition) is 7. The molecule has 0 saturated heterocycles. The van der Waals surface area contributed by atoms with Gasteiger partial charge in [-0.25, -0.2) is 4.98 Å². The Kier molecular flexibility index (Phi) is 5.71. The van der Waals surface area contributed by atoms with Crippen LogP contribution in [0.4, 0.5) is 0 Å². The highest BCUT2D eigenvalue weighted by Gasteiger charge is 2.27. The van der Waals surface area contributed by atoms with Crippen LogP contribution in [0.1, 0.15) is 45.9 Å². The number of carbonyl (C=O) groups excluding carboxylic acids is 1. The summed E-state index contributed by atoms with van der Waals surface area (Å²) in [6.45, 7) is 3.99. The number of aromatic nitrogens is 2. The Hall–Kier alpha value is -3.10. The van der Waals surface area contributed by atoms with Gasteiger partial charge in [0.2, 0.25) is 5.91 Å². The Morgan fingerprint density at radius 3 is 2.94 bits per heavy atom. The largest absolute Gasteiger partial charge is 0.391 e. The highest BCUT2D eigenvalue weighted by molar-refractivity contribution is 7.09. The average molecular weight is 448 g/mol. The van der Waals surface area contributed by atoms with Gasteiger partial charge in [0.1, 0.15) is 5.84 Å². The van der Waals surface area contributed by atoms with Crippen molar-refractivity contribution in [3.63, 3.8) is 0 Å². The van der Waals surface area contributed by atoms with Gasteiger partial charge >= 0.3 is 0 Å². The number of rotatable bonds is 5. The fraction of sp³-hybridized carbons (Fsp3) is 0.333. The van der Waals surface area contributed by atoms with Crippen LogP contribution in [0.15, 0.2) is 53.1 Å². The normalized spacial score (nSPS) is 16.7. The third kappa shape index (κ3) is 4.16. The number of benzene rings is 1. The van der Waals surface area contributed by atoms with Crippen LogP contribution in [-0.2, 0) is 30.7 Å². The van der Waals surface area contributed by atoms with Gasteiger partial charge in [-0.1, -0.05) is 30.3 Å². The minimum Gasteiger partial charge on any atom is -0.391 e. The van der Waals surface area contributed by atoms with Crippen molar-refractivity contribution in [2.75, 3.05) is 6.54 Å². The fourth-order valence-corrected chi connectivity index (χ4v) is 5.10. The summed E-state index contributed by atoms with van der Waals surface area (Å²) in [6.07, 6.45) is 2.29. The van der Waals surface area contributed by atoms with Crippen molar-refractivity contribution in [2.24, 2.45) is 4.99 Å². The molecule has 8 heteroatoms. The van der Waals surface area contributed by atoms with Gasteiger partial charge in [0.05, 0.1) is 48.6 Å². The molecular weight excluding hydrogens is 422 g/mol. The quantitative estimate of drug-likeness (QED) is 0.628. The van der Waals surface area contributed by atoms with E-state index >= 15 is 0 Å². The number of aliphatic hydroxyl groups is 1. The fourth-order valence-electron chi connectivity index (χ4n) is 4.33. The Morgan fingerprint density at radius 2 is 2.12 bits per heavy atom. The molecule has 2 N–H and O–H groups in total. The SMILES string of the molecule is C[C@@H](O)[C@@H](NC(=O)Cc1cc2c(cn1)C(N1CCc3scnc3C1)=NC2)c1ccccc1. The maximum Gasteiger partial charge on any atom is 0.226 e. The first kappa shape index (κ1) is 20.8. The molecular formula is C24H25N5O2S. The number of nitrogens with one attached hydrogen (secondary N) is 1. The third-order valence-electron chi connectivity index (χ3n) is 5.96.